The van der Waals surface area contributed by atoms with Crippen LogP contribution in [0.15, 0.2) is 48.5 Å². The van der Waals surface area contributed by atoms with Crippen molar-refractivity contribution in [2.45, 2.75) is 52.2 Å². The molecule has 0 saturated heterocycles. The lowest BCUT2D eigenvalue weighted by Gasteiger charge is -2.22. The first-order chi connectivity index (χ1) is 11.7. The zero-order valence-electron chi connectivity index (χ0n) is 15.5. The van der Waals surface area contributed by atoms with Crippen LogP contribution in [-0.2, 0) is 10.2 Å². The highest BCUT2D eigenvalue weighted by atomic mass is 35.5. The molecule has 0 unspecified atom stereocenters. The van der Waals surface area contributed by atoms with Crippen LogP contribution in [0.1, 0.15) is 51.8 Å². The third-order valence-electron chi connectivity index (χ3n) is 4.11. The number of carbonyl (C=O) groups is 1. The van der Waals surface area contributed by atoms with Gasteiger partial charge in [-0.1, -0.05) is 62.7 Å². The molecule has 0 aliphatic heterocycles. The molecule has 134 valence electrons. The molecule has 1 N–H and O–H groups in total. The largest absolute Gasteiger partial charge is 0.481 e. The maximum atomic E-state index is 12.4. The molecule has 0 aliphatic carbocycles. The summed E-state index contributed by atoms with van der Waals surface area (Å²) >= 11 is 5.94. The number of ether oxygens (including phenoxy) is 1. The van der Waals surface area contributed by atoms with Gasteiger partial charge in [0.1, 0.15) is 5.75 Å². The first kappa shape index (κ1) is 19.3. The Morgan fingerprint density at radius 3 is 2.28 bits per heavy atom. The molecule has 1 amide bonds. The van der Waals surface area contributed by atoms with Crippen molar-refractivity contribution in [2.24, 2.45) is 0 Å². The van der Waals surface area contributed by atoms with Gasteiger partial charge in [-0.3, -0.25) is 4.79 Å². The van der Waals surface area contributed by atoms with Crippen molar-refractivity contribution in [3.05, 3.63) is 64.7 Å². The van der Waals surface area contributed by atoms with Crippen LogP contribution in [0.25, 0.3) is 0 Å². The predicted octanol–water partition coefficient (Wildman–Crippen LogP) is 5.28. The number of hydrogen-bond acceptors (Lipinski definition) is 2. The van der Waals surface area contributed by atoms with Gasteiger partial charge >= 0.3 is 0 Å². The van der Waals surface area contributed by atoms with Gasteiger partial charge < -0.3 is 10.1 Å². The standard InChI is InChI=1S/C21H26ClNO2/c1-14(16-9-11-17(12-10-16)21(3,4)5)23-20(24)15(2)25-19-8-6-7-18(22)13-19/h6-15H,1-5H3,(H,23,24)/t14-,15+/m1/s1. The molecular weight excluding hydrogens is 334 g/mol. The summed E-state index contributed by atoms with van der Waals surface area (Å²) in [6, 6.07) is 15.3. The fourth-order valence-corrected chi connectivity index (χ4v) is 2.66. The Labute approximate surface area is 155 Å². The highest BCUT2D eigenvalue weighted by molar-refractivity contribution is 6.30. The Hall–Kier alpha value is -2.00. The van der Waals surface area contributed by atoms with Gasteiger partial charge in [-0.2, -0.15) is 0 Å². The van der Waals surface area contributed by atoms with E-state index < -0.39 is 6.10 Å². The topological polar surface area (TPSA) is 38.3 Å². The minimum absolute atomic E-state index is 0.0908. The van der Waals surface area contributed by atoms with Crippen LogP contribution in [0.2, 0.25) is 5.02 Å². The van der Waals surface area contributed by atoms with Crippen LogP contribution in [0.5, 0.6) is 5.75 Å². The first-order valence-corrected chi connectivity index (χ1v) is 8.87. The molecule has 0 spiro atoms. The lowest BCUT2D eigenvalue weighted by atomic mass is 9.86. The molecule has 0 aromatic heterocycles. The molecule has 0 fully saturated rings. The van der Waals surface area contributed by atoms with Gasteiger partial charge in [-0.05, 0) is 48.6 Å². The summed E-state index contributed by atoms with van der Waals surface area (Å²) in [4.78, 5) is 12.4. The van der Waals surface area contributed by atoms with E-state index in [4.69, 9.17) is 16.3 Å². The summed E-state index contributed by atoms with van der Waals surface area (Å²) in [5.74, 6) is 0.421. The van der Waals surface area contributed by atoms with E-state index in [0.29, 0.717) is 10.8 Å². The third-order valence-corrected chi connectivity index (χ3v) is 4.35. The number of rotatable bonds is 5. The van der Waals surface area contributed by atoms with Crippen molar-refractivity contribution in [3.63, 3.8) is 0 Å². The van der Waals surface area contributed by atoms with Gasteiger partial charge in [0, 0.05) is 5.02 Å². The molecule has 0 heterocycles. The van der Waals surface area contributed by atoms with Crippen molar-refractivity contribution in [1.82, 2.24) is 5.32 Å². The van der Waals surface area contributed by atoms with Gasteiger partial charge in [0.05, 0.1) is 6.04 Å². The summed E-state index contributed by atoms with van der Waals surface area (Å²) in [5.41, 5.74) is 2.45. The minimum Gasteiger partial charge on any atom is -0.481 e. The summed E-state index contributed by atoms with van der Waals surface area (Å²) in [5, 5.41) is 3.57. The van der Waals surface area contributed by atoms with E-state index in [9.17, 15) is 4.79 Å². The van der Waals surface area contributed by atoms with Crippen LogP contribution < -0.4 is 10.1 Å². The second-order valence-corrected chi connectivity index (χ2v) is 7.76. The molecule has 2 aromatic carbocycles. The Morgan fingerprint density at radius 1 is 1.08 bits per heavy atom. The lowest BCUT2D eigenvalue weighted by molar-refractivity contribution is -0.127. The van der Waals surface area contributed by atoms with Gasteiger partial charge in [0.25, 0.3) is 5.91 Å². The van der Waals surface area contributed by atoms with E-state index in [2.05, 4.69) is 50.4 Å². The van der Waals surface area contributed by atoms with E-state index in [1.165, 1.54) is 5.56 Å². The molecule has 25 heavy (non-hydrogen) atoms. The van der Waals surface area contributed by atoms with Gasteiger partial charge in [0.15, 0.2) is 6.10 Å². The SMILES string of the molecule is C[C@H](Oc1cccc(Cl)c1)C(=O)N[C@H](C)c1ccc(C(C)(C)C)cc1. The molecular formula is C21H26ClNO2. The Kier molecular flexibility index (Phi) is 6.12. The van der Waals surface area contributed by atoms with E-state index in [1.807, 2.05) is 6.92 Å². The molecule has 2 atom stereocenters. The van der Waals surface area contributed by atoms with Crippen molar-refractivity contribution in [2.75, 3.05) is 0 Å². The van der Waals surface area contributed by atoms with Crippen molar-refractivity contribution >= 4 is 17.5 Å². The molecule has 0 bridgehead atoms. The number of hydrogen-bond donors (Lipinski definition) is 1. The number of carbonyl (C=O) groups excluding carboxylic acids is 1. The monoisotopic (exact) mass is 359 g/mol. The van der Waals surface area contributed by atoms with Gasteiger partial charge in [-0.25, -0.2) is 0 Å². The van der Waals surface area contributed by atoms with Gasteiger partial charge in [-0.15, -0.1) is 0 Å². The zero-order chi connectivity index (χ0) is 18.6. The normalized spacial score (nSPS) is 13.8. The minimum atomic E-state index is -0.602. The summed E-state index contributed by atoms with van der Waals surface area (Å²) in [6.07, 6.45) is -0.602. The average Bonchev–Trinajstić information content (AvgIpc) is 2.54. The maximum Gasteiger partial charge on any atom is 0.261 e. The van der Waals surface area contributed by atoms with E-state index in [-0.39, 0.29) is 17.4 Å². The highest BCUT2D eigenvalue weighted by Gasteiger charge is 2.19. The number of nitrogens with one attached hydrogen (secondary N) is 1. The first-order valence-electron chi connectivity index (χ1n) is 8.50. The molecule has 2 aromatic rings. The Bertz CT molecular complexity index is 719. The molecule has 0 saturated carbocycles. The summed E-state index contributed by atoms with van der Waals surface area (Å²) < 4.78 is 5.66. The van der Waals surface area contributed by atoms with Crippen LogP contribution in [0.4, 0.5) is 0 Å². The molecule has 2 rings (SSSR count). The lowest BCUT2D eigenvalue weighted by Crippen LogP contribution is -2.37. The van der Waals surface area contributed by atoms with Gasteiger partial charge in [0.2, 0.25) is 0 Å². The summed E-state index contributed by atoms with van der Waals surface area (Å²) in [7, 11) is 0. The van der Waals surface area contributed by atoms with Crippen molar-refractivity contribution in [3.8, 4) is 5.75 Å². The molecule has 0 radical (unpaired) electrons. The van der Waals surface area contributed by atoms with Crippen molar-refractivity contribution in [1.29, 1.82) is 0 Å². The number of benzene rings is 2. The van der Waals surface area contributed by atoms with E-state index >= 15 is 0 Å². The highest BCUT2D eigenvalue weighted by Crippen LogP contribution is 2.24. The van der Waals surface area contributed by atoms with Crippen LogP contribution in [0, 0.1) is 0 Å². The van der Waals surface area contributed by atoms with Crippen molar-refractivity contribution < 1.29 is 9.53 Å². The Morgan fingerprint density at radius 2 is 1.72 bits per heavy atom. The molecule has 4 heteroatoms. The number of amides is 1. The predicted molar refractivity (Wildman–Crippen MR) is 103 cm³/mol. The second-order valence-electron chi connectivity index (χ2n) is 7.32. The fraction of sp³-hybridized carbons (Fsp3) is 0.381. The molecule has 0 aliphatic rings. The van der Waals surface area contributed by atoms with E-state index in [1.54, 1.807) is 31.2 Å². The third kappa shape index (κ3) is 5.50. The van der Waals surface area contributed by atoms with Crippen LogP contribution in [-0.4, -0.2) is 12.0 Å². The van der Waals surface area contributed by atoms with Crippen LogP contribution >= 0.6 is 11.6 Å². The Balaban J connectivity index is 1.97. The number of halogens is 1. The quantitative estimate of drug-likeness (QED) is 0.788. The second kappa shape index (κ2) is 7.92. The van der Waals surface area contributed by atoms with E-state index in [0.717, 1.165) is 5.56 Å². The molecule has 3 nitrogen and oxygen atoms in total. The fourth-order valence-electron chi connectivity index (χ4n) is 2.48. The summed E-state index contributed by atoms with van der Waals surface area (Å²) in [6.45, 7) is 10.2. The van der Waals surface area contributed by atoms with Crippen LogP contribution in [0.3, 0.4) is 0 Å². The maximum absolute atomic E-state index is 12.4. The zero-order valence-corrected chi connectivity index (χ0v) is 16.2. The average molecular weight is 360 g/mol. The smallest absolute Gasteiger partial charge is 0.261 e.